The van der Waals surface area contributed by atoms with Crippen molar-refractivity contribution in [2.24, 2.45) is 0 Å². The van der Waals surface area contributed by atoms with Gasteiger partial charge >= 0.3 is 0 Å². The SMILES string of the molecule is COc1ccccc1C(=O)NC(=S)Nc1ccc(S(=O)(=O)Nc2nccnc2OC)cc1. The van der Waals surface area contributed by atoms with Crippen molar-refractivity contribution in [3.8, 4) is 11.6 Å². The molecule has 166 valence electrons. The van der Waals surface area contributed by atoms with Crippen LogP contribution in [-0.2, 0) is 10.0 Å². The van der Waals surface area contributed by atoms with E-state index in [1.807, 2.05) is 0 Å². The summed E-state index contributed by atoms with van der Waals surface area (Å²) >= 11 is 5.17. The van der Waals surface area contributed by atoms with E-state index < -0.39 is 15.9 Å². The molecule has 2 aromatic carbocycles. The quantitative estimate of drug-likeness (QED) is 0.443. The van der Waals surface area contributed by atoms with Crippen LogP contribution >= 0.6 is 12.2 Å². The molecule has 0 saturated heterocycles. The molecule has 0 bridgehead atoms. The van der Waals surface area contributed by atoms with Gasteiger partial charge in [-0.15, -0.1) is 0 Å². The highest BCUT2D eigenvalue weighted by Gasteiger charge is 2.18. The van der Waals surface area contributed by atoms with Crippen LogP contribution in [0.1, 0.15) is 10.4 Å². The zero-order chi connectivity index (χ0) is 23.1. The highest BCUT2D eigenvalue weighted by Crippen LogP contribution is 2.22. The molecule has 0 radical (unpaired) electrons. The van der Waals surface area contributed by atoms with E-state index in [2.05, 4.69) is 25.3 Å². The molecular formula is C20H19N5O5S2. The number of hydrogen-bond donors (Lipinski definition) is 3. The number of rotatable bonds is 7. The van der Waals surface area contributed by atoms with Crippen LogP contribution in [0.3, 0.4) is 0 Å². The van der Waals surface area contributed by atoms with Crippen LogP contribution in [0.5, 0.6) is 11.6 Å². The van der Waals surface area contributed by atoms with Crippen LogP contribution in [0.2, 0.25) is 0 Å². The van der Waals surface area contributed by atoms with Gasteiger partial charge < -0.3 is 14.8 Å². The minimum absolute atomic E-state index is 0.0141. The summed E-state index contributed by atoms with van der Waals surface area (Å²) in [6.45, 7) is 0. The lowest BCUT2D eigenvalue weighted by molar-refractivity contribution is 0.0974. The summed E-state index contributed by atoms with van der Waals surface area (Å²) in [5, 5.41) is 5.42. The summed E-state index contributed by atoms with van der Waals surface area (Å²) in [4.78, 5) is 20.2. The highest BCUT2D eigenvalue weighted by molar-refractivity contribution is 7.92. The average Bonchev–Trinajstić information content (AvgIpc) is 2.79. The molecule has 3 N–H and O–H groups in total. The van der Waals surface area contributed by atoms with Gasteiger partial charge in [0.15, 0.2) is 5.11 Å². The predicted molar refractivity (Wildman–Crippen MR) is 123 cm³/mol. The fraction of sp³-hybridized carbons (Fsp3) is 0.100. The van der Waals surface area contributed by atoms with E-state index in [1.54, 1.807) is 24.3 Å². The number of carbonyl (C=O) groups excluding carboxylic acids is 1. The van der Waals surface area contributed by atoms with Crippen molar-refractivity contribution in [3.63, 3.8) is 0 Å². The van der Waals surface area contributed by atoms with Gasteiger partial charge in [0.2, 0.25) is 5.82 Å². The monoisotopic (exact) mass is 473 g/mol. The molecule has 1 heterocycles. The maximum absolute atomic E-state index is 12.6. The number of methoxy groups -OCH3 is 2. The third kappa shape index (κ3) is 5.47. The second-order valence-electron chi connectivity index (χ2n) is 6.15. The van der Waals surface area contributed by atoms with Crippen molar-refractivity contribution in [3.05, 3.63) is 66.5 Å². The standard InChI is InChI=1S/C20H19N5O5S2/c1-29-16-6-4-3-5-15(16)18(26)24-20(31)23-13-7-9-14(10-8-13)32(27,28)25-17-19(30-2)22-12-11-21-17/h3-12H,1-2H3,(H,21,25)(H2,23,24,26,31). The van der Waals surface area contributed by atoms with Gasteiger partial charge in [0.05, 0.1) is 24.7 Å². The van der Waals surface area contributed by atoms with Gasteiger partial charge in [-0.3, -0.25) is 14.8 Å². The summed E-state index contributed by atoms with van der Waals surface area (Å²) in [5.74, 6) is -0.0150. The number of thiocarbonyl (C=S) groups is 1. The summed E-state index contributed by atoms with van der Waals surface area (Å²) in [7, 11) is -1.11. The van der Waals surface area contributed by atoms with E-state index in [9.17, 15) is 13.2 Å². The third-order valence-electron chi connectivity index (χ3n) is 4.09. The smallest absolute Gasteiger partial charge is 0.263 e. The Balaban J connectivity index is 1.66. The lowest BCUT2D eigenvalue weighted by Gasteiger charge is -2.12. The van der Waals surface area contributed by atoms with E-state index in [-0.39, 0.29) is 21.7 Å². The number of aromatic nitrogens is 2. The minimum Gasteiger partial charge on any atom is -0.496 e. The Bertz CT molecular complexity index is 1230. The maximum Gasteiger partial charge on any atom is 0.263 e. The summed E-state index contributed by atoms with van der Waals surface area (Å²) in [5.41, 5.74) is 0.803. The van der Waals surface area contributed by atoms with Gasteiger partial charge in [-0.1, -0.05) is 12.1 Å². The van der Waals surface area contributed by atoms with Gasteiger partial charge in [0, 0.05) is 18.1 Å². The molecule has 3 aromatic rings. The van der Waals surface area contributed by atoms with Crippen molar-refractivity contribution >= 4 is 44.8 Å². The molecule has 0 atom stereocenters. The number of anilines is 2. The molecule has 12 heteroatoms. The number of nitrogens with one attached hydrogen (secondary N) is 3. The Labute approximate surface area is 190 Å². The van der Waals surface area contributed by atoms with Gasteiger partial charge in [0.25, 0.3) is 21.8 Å². The first-order valence-electron chi connectivity index (χ1n) is 9.07. The van der Waals surface area contributed by atoms with E-state index in [0.29, 0.717) is 17.0 Å². The van der Waals surface area contributed by atoms with E-state index in [1.165, 1.54) is 50.9 Å². The largest absolute Gasteiger partial charge is 0.496 e. The molecule has 0 aliphatic carbocycles. The molecule has 0 aliphatic rings. The second-order valence-corrected chi connectivity index (χ2v) is 8.24. The number of ether oxygens (including phenoxy) is 2. The average molecular weight is 474 g/mol. The number of hydrogen-bond acceptors (Lipinski definition) is 8. The first-order chi connectivity index (χ1) is 15.3. The number of para-hydroxylation sites is 1. The topological polar surface area (TPSA) is 132 Å². The normalized spacial score (nSPS) is 10.7. The molecule has 1 amide bonds. The Morgan fingerprint density at radius 1 is 0.969 bits per heavy atom. The van der Waals surface area contributed by atoms with E-state index in [4.69, 9.17) is 21.7 Å². The maximum atomic E-state index is 12.6. The number of amides is 1. The molecule has 0 unspecified atom stereocenters. The van der Waals surface area contributed by atoms with Gasteiger partial charge in [0.1, 0.15) is 5.75 Å². The zero-order valence-electron chi connectivity index (χ0n) is 17.0. The van der Waals surface area contributed by atoms with Crippen LogP contribution in [0, 0.1) is 0 Å². The van der Waals surface area contributed by atoms with E-state index in [0.717, 1.165) is 0 Å². The Morgan fingerprint density at radius 2 is 1.66 bits per heavy atom. The minimum atomic E-state index is -3.93. The van der Waals surface area contributed by atoms with Crippen LogP contribution in [-0.4, -0.2) is 43.6 Å². The van der Waals surface area contributed by atoms with Crippen LogP contribution in [0.25, 0.3) is 0 Å². The Kier molecular flexibility index (Phi) is 7.18. The van der Waals surface area contributed by atoms with Crippen molar-refractivity contribution in [2.75, 3.05) is 24.3 Å². The van der Waals surface area contributed by atoms with Crippen molar-refractivity contribution < 1.29 is 22.7 Å². The van der Waals surface area contributed by atoms with Crippen molar-refractivity contribution in [1.29, 1.82) is 0 Å². The van der Waals surface area contributed by atoms with Gasteiger partial charge in [-0.25, -0.2) is 18.4 Å². The fourth-order valence-electron chi connectivity index (χ4n) is 2.61. The summed E-state index contributed by atoms with van der Waals surface area (Å²) in [6, 6.07) is 12.5. The fourth-order valence-corrected chi connectivity index (χ4v) is 3.83. The number of sulfonamides is 1. The molecule has 0 aliphatic heterocycles. The van der Waals surface area contributed by atoms with E-state index >= 15 is 0 Å². The molecule has 3 rings (SSSR count). The molecular weight excluding hydrogens is 454 g/mol. The third-order valence-corrected chi connectivity index (χ3v) is 5.65. The lowest BCUT2D eigenvalue weighted by Crippen LogP contribution is -2.34. The first kappa shape index (κ1) is 22.9. The highest BCUT2D eigenvalue weighted by atomic mass is 32.2. The van der Waals surface area contributed by atoms with Crippen LogP contribution in [0.15, 0.2) is 65.8 Å². The van der Waals surface area contributed by atoms with Crippen LogP contribution in [0.4, 0.5) is 11.5 Å². The van der Waals surface area contributed by atoms with Crippen molar-refractivity contribution in [2.45, 2.75) is 4.90 Å². The molecule has 32 heavy (non-hydrogen) atoms. The molecule has 0 saturated carbocycles. The van der Waals surface area contributed by atoms with Crippen molar-refractivity contribution in [1.82, 2.24) is 15.3 Å². The summed E-state index contributed by atoms with van der Waals surface area (Å²) in [6.07, 6.45) is 2.72. The van der Waals surface area contributed by atoms with Gasteiger partial charge in [-0.05, 0) is 48.6 Å². The predicted octanol–water partition coefficient (Wildman–Crippen LogP) is 2.42. The first-order valence-corrected chi connectivity index (χ1v) is 11.0. The number of nitrogens with zero attached hydrogens (tertiary/aromatic N) is 2. The molecule has 0 spiro atoms. The Morgan fingerprint density at radius 3 is 2.34 bits per heavy atom. The zero-order valence-corrected chi connectivity index (χ0v) is 18.7. The molecule has 0 fully saturated rings. The number of carbonyl (C=O) groups is 1. The van der Waals surface area contributed by atoms with Gasteiger partial charge in [-0.2, -0.15) is 0 Å². The second kappa shape index (κ2) is 10.0. The summed E-state index contributed by atoms with van der Waals surface area (Å²) < 4.78 is 37.7. The number of benzene rings is 2. The molecule has 1 aromatic heterocycles. The lowest BCUT2D eigenvalue weighted by atomic mass is 10.2. The Hall–Kier alpha value is -3.77. The molecule has 10 nitrogen and oxygen atoms in total. The van der Waals surface area contributed by atoms with Crippen LogP contribution < -0.4 is 24.8 Å².